The van der Waals surface area contributed by atoms with E-state index in [1.54, 1.807) is 0 Å². The van der Waals surface area contributed by atoms with Crippen LogP contribution in [0.2, 0.25) is 0 Å². The topological polar surface area (TPSA) is 15.7 Å². The Morgan fingerprint density at radius 2 is 1.14 bits per heavy atom. The molecule has 2 aliphatic heterocycles. The van der Waals surface area contributed by atoms with Crippen LogP contribution in [0.4, 0.5) is 34.1 Å². The molecule has 0 atom stereocenters. The summed E-state index contributed by atoms with van der Waals surface area (Å²) in [5.41, 5.74) is 15.6. The van der Waals surface area contributed by atoms with Gasteiger partial charge >= 0.3 is 0 Å². The Hall–Kier alpha value is -7.04. The standard InChI is InChI=1S/C53H37BN2O/c1-53(2)44-31-40(55(37-17-5-3-6-18-37)38-19-7-4-8-20-38)27-28-42(44)43-32-50-46(33-45(43)53)54-51-41-21-12-11-15-35(41)25-29-48(51)56(47-22-13-23-49(57-50)52(47)54)39-26-24-34-14-9-10-16-36(34)30-39/h3-33H,1-2H3. The highest BCUT2D eigenvalue weighted by Gasteiger charge is 2.45. The van der Waals surface area contributed by atoms with Gasteiger partial charge in [-0.15, -0.1) is 0 Å². The van der Waals surface area contributed by atoms with Crippen molar-refractivity contribution >= 4 is 78.8 Å². The zero-order chi connectivity index (χ0) is 37.8. The minimum absolute atomic E-state index is 0.00946. The molecule has 0 unspecified atom stereocenters. The van der Waals surface area contributed by atoms with Crippen LogP contribution in [0.25, 0.3) is 32.7 Å². The molecule has 1 aliphatic carbocycles. The van der Waals surface area contributed by atoms with E-state index in [4.69, 9.17) is 4.74 Å². The van der Waals surface area contributed by atoms with Crippen LogP contribution in [0.15, 0.2) is 188 Å². The van der Waals surface area contributed by atoms with Crippen molar-refractivity contribution in [2.45, 2.75) is 19.3 Å². The predicted molar refractivity (Wildman–Crippen MR) is 240 cm³/mol. The number of anilines is 6. The van der Waals surface area contributed by atoms with E-state index in [2.05, 4.69) is 212 Å². The zero-order valence-corrected chi connectivity index (χ0v) is 31.8. The van der Waals surface area contributed by atoms with E-state index in [0.29, 0.717) is 0 Å². The fourth-order valence-electron chi connectivity index (χ4n) is 10.0. The summed E-state index contributed by atoms with van der Waals surface area (Å²) in [5.74, 6) is 1.85. The minimum Gasteiger partial charge on any atom is -0.458 e. The maximum atomic E-state index is 7.06. The summed E-state index contributed by atoms with van der Waals surface area (Å²) in [7, 11) is 0. The van der Waals surface area contributed by atoms with Crippen molar-refractivity contribution in [3.05, 3.63) is 199 Å². The summed E-state index contributed by atoms with van der Waals surface area (Å²) in [6.07, 6.45) is 0. The molecular weight excluding hydrogens is 691 g/mol. The van der Waals surface area contributed by atoms with Crippen LogP contribution < -0.4 is 30.9 Å². The van der Waals surface area contributed by atoms with E-state index in [9.17, 15) is 0 Å². The Bertz CT molecular complexity index is 3060. The fourth-order valence-corrected chi connectivity index (χ4v) is 10.0. The first-order valence-corrected chi connectivity index (χ1v) is 19.9. The summed E-state index contributed by atoms with van der Waals surface area (Å²) in [6.45, 7) is 4.76. The number of hydrogen-bond acceptors (Lipinski definition) is 3. The number of hydrogen-bond donors (Lipinski definition) is 0. The SMILES string of the molecule is CC1(C)c2cc(N(c3ccccc3)c3ccccc3)ccc2-c2cc3c(cc21)B1c2c(cccc2N(c2ccc4ccccc4c2)c2ccc4ccccc4c21)O3. The lowest BCUT2D eigenvalue weighted by atomic mass is 9.33. The number of benzene rings is 9. The third kappa shape index (κ3) is 4.68. The number of fused-ring (bicyclic) bond motifs is 10. The van der Waals surface area contributed by atoms with Crippen LogP contribution in [-0.2, 0) is 5.41 Å². The van der Waals surface area contributed by atoms with Gasteiger partial charge in [0.25, 0.3) is 6.71 Å². The van der Waals surface area contributed by atoms with Gasteiger partial charge in [-0.3, -0.25) is 0 Å². The molecule has 0 bridgehead atoms. The molecule has 4 heteroatoms. The zero-order valence-electron chi connectivity index (χ0n) is 31.8. The third-order valence-electron chi connectivity index (χ3n) is 12.6. The van der Waals surface area contributed by atoms with Gasteiger partial charge in [0.2, 0.25) is 0 Å². The van der Waals surface area contributed by atoms with Crippen LogP contribution in [0.1, 0.15) is 25.0 Å². The van der Waals surface area contributed by atoms with Crippen LogP contribution in [0.5, 0.6) is 11.5 Å². The maximum Gasteiger partial charge on any atom is 0.257 e. The van der Waals surface area contributed by atoms with E-state index in [1.807, 2.05) is 0 Å². The van der Waals surface area contributed by atoms with Crippen molar-refractivity contribution < 1.29 is 4.74 Å². The number of nitrogens with zero attached hydrogens (tertiary/aromatic N) is 2. The van der Waals surface area contributed by atoms with Gasteiger partial charge in [0.1, 0.15) is 11.5 Å². The number of rotatable bonds is 4. The van der Waals surface area contributed by atoms with Gasteiger partial charge in [0.15, 0.2) is 0 Å². The van der Waals surface area contributed by atoms with Gasteiger partial charge < -0.3 is 14.5 Å². The van der Waals surface area contributed by atoms with E-state index >= 15 is 0 Å². The largest absolute Gasteiger partial charge is 0.458 e. The van der Waals surface area contributed by atoms with Gasteiger partial charge in [0.05, 0.1) is 0 Å². The van der Waals surface area contributed by atoms with Crippen molar-refractivity contribution in [3.63, 3.8) is 0 Å². The van der Waals surface area contributed by atoms with Gasteiger partial charge in [0, 0.05) is 39.5 Å². The fraction of sp³-hybridized carbons (Fsp3) is 0.0566. The molecule has 3 nitrogen and oxygen atoms in total. The normalized spacial score (nSPS) is 14.0. The molecule has 57 heavy (non-hydrogen) atoms. The second-order valence-corrected chi connectivity index (χ2v) is 16.1. The Morgan fingerprint density at radius 3 is 1.93 bits per heavy atom. The Labute approximate surface area is 333 Å². The second-order valence-electron chi connectivity index (χ2n) is 16.1. The van der Waals surface area contributed by atoms with Crippen molar-refractivity contribution in [3.8, 4) is 22.6 Å². The Kier molecular flexibility index (Phi) is 6.77. The molecular formula is C53H37BN2O. The van der Waals surface area contributed by atoms with Crippen LogP contribution in [0, 0.1) is 0 Å². The highest BCUT2D eigenvalue weighted by molar-refractivity contribution is 7.00. The van der Waals surface area contributed by atoms with Crippen molar-refractivity contribution in [1.29, 1.82) is 0 Å². The molecule has 0 amide bonds. The molecule has 3 aliphatic rings. The Morgan fingerprint density at radius 1 is 0.474 bits per heavy atom. The molecule has 0 N–H and O–H groups in total. The highest BCUT2D eigenvalue weighted by atomic mass is 16.5. The van der Waals surface area contributed by atoms with Gasteiger partial charge in [-0.2, -0.15) is 0 Å². The maximum absolute atomic E-state index is 7.06. The third-order valence-corrected chi connectivity index (χ3v) is 12.6. The first kappa shape index (κ1) is 32.2. The highest BCUT2D eigenvalue weighted by Crippen LogP contribution is 2.52. The predicted octanol–water partition coefficient (Wildman–Crippen LogP) is 12.2. The molecule has 0 aromatic heterocycles. The minimum atomic E-state index is -0.248. The summed E-state index contributed by atoms with van der Waals surface area (Å²) < 4.78 is 7.06. The van der Waals surface area contributed by atoms with Crippen molar-refractivity contribution in [2.75, 3.05) is 9.80 Å². The van der Waals surface area contributed by atoms with Crippen molar-refractivity contribution in [1.82, 2.24) is 0 Å². The van der Waals surface area contributed by atoms with Crippen LogP contribution >= 0.6 is 0 Å². The molecule has 12 rings (SSSR count). The first-order chi connectivity index (χ1) is 28.0. The molecule has 9 aromatic rings. The number of ether oxygens (including phenoxy) is 1. The lowest BCUT2D eigenvalue weighted by Gasteiger charge is -2.41. The molecule has 0 saturated carbocycles. The smallest absolute Gasteiger partial charge is 0.257 e. The van der Waals surface area contributed by atoms with Gasteiger partial charge in [-0.25, -0.2) is 0 Å². The quantitative estimate of drug-likeness (QED) is 0.168. The monoisotopic (exact) mass is 728 g/mol. The average Bonchev–Trinajstić information content (AvgIpc) is 3.47. The Balaban J connectivity index is 1.05. The lowest BCUT2D eigenvalue weighted by Crippen LogP contribution is -2.59. The van der Waals surface area contributed by atoms with E-state index in [0.717, 1.165) is 39.9 Å². The molecule has 0 radical (unpaired) electrons. The second kappa shape index (κ2) is 12.0. The molecule has 0 fully saturated rings. The van der Waals surface area contributed by atoms with Gasteiger partial charge in [-0.05, 0) is 133 Å². The first-order valence-electron chi connectivity index (χ1n) is 19.9. The number of para-hydroxylation sites is 2. The summed E-state index contributed by atoms with van der Waals surface area (Å²) >= 11 is 0. The van der Waals surface area contributed by atoms with Gasteiger partial charge in [-0.1, -0.05) is 129 Å². The molecule has 268 valence electrons. The molecule has 0 saturated heterocycles. The lowest BCUT2D eigenvalue weighted by molar-refractivity contribution is 0.487. The van der Waals surface area contributed by atoms with E-state index in [-0.39, 0.29) is 12.1 Å². The summed E-state index contributed by atoms with van der Waals surface area (Å²) in [5, 5.41) is 4.97. The average molecular weight is 729 g/mol. The molecule has 2 heterocycles. The molecule has 9 aromatic carbocycles. The molecule has 0 spiro atoms. The van der Waals surface area contributed by atoms with Crippen LogP contribution in [0.3, 0.4) is 0 Å². The van der Waals surface area contributed by atoms with Crippen LogP contribution in [-0.4, -0.2) is 6.71 Å². The summed E-state index contributed by atoms with van der Waals surface area (Å²) in [4.78, 5) is 4.81. The van der Waals surface area contributed by atoms with E-state index in [1.165, 1.54) is 65.9 Å². The van der Waals surface area contributed by atoms with Crippen molar-refractivity contribution in [2.24, 2.45) is 0 Å². The summed E-state index contributed by atoms with van der Waals surface area (Å²) in [6, 6.07) is 68.7. The van der Waals surface area contributed by atoms with E-state index < -0.39 is 0 Å².